The second-order valence-corrected chi connectivity index (χ2v) is 13.8. The minimum absolute atomic E-state index is 0.0977. The van der Waals surface area contributed by atoms with Gasteiger partial charge in [-0.25, -0.2) is 0 Å². The van der Waals surface area contributed by atoms with Gasteiger partial charge in [-0.3, -0.25) is 4.79 Å². The standard InChI is InChI=1S/C40H31Br2NO/c1-39(2)35-15-9-10-16-36(35)43(33-13-7-4-8-14-33)40(39)26-30(27-17-21-31(41)22-18-27)25-34(28-11-5-3-6-12-28)37(40)38(44)29-19-23-32(42)24-20-29/h3-26,37H,1-2H3/t37-,40+/m0/s1. The molecule has 0 saturated carbocycles. The summed E-state index contributed by atoms with van der Waals surface area (Å²) in [6.45, 7) is 4.61. The predicted molar refractivity (Wildman–Crippen MR) is 189 cm³/mol. The maximum Gasteiger partial charge on any atom is 0.173 e. The van der Waals surface area contributed by atoms with E-state index >= 15 is 4.79 Å². The summed E-state index contributed by atoms with van der Waals surface area (Å²) < 4.78 is 1.98. The van der Waals surface area contributed by atoms with E-state index < -0.39 is 16.9 Å². The van der Waals surface area contributed by atoms with Gasteiger partial charge in [0.05, 0.1) is 11.5 Å². The van der Waals surface area contributed by atoms with Crippen LogP contribution in [0.4, 0.5) is 11.4 Å². The Labute approximate surface area is 276 Å². The summed E-state index contributed by atoms with van der Waals surface area (Å²) in [5.41, 5.74) is 7.10. The monoisotopic (exact) mass is 699 g/mol. The van der Waals surface area contributed by atoms with Crippen LogP contribution in [0.1, 0.15) is 40.9 Å². The maximum absolute atomic E-state index is 15.2. The highest BCUT2D eigenvalue weighted by Crippen LogP contribution is 2.63. The Morgan fingerprint density at radius 3 is 1.89 bits per heavy atom. The van der Waals surface area contributed by atoms with E-state index in [4.69, 9.17) is 0 Å². The van der Waals surface area contributed by atoms with E-state index in [0.717, 1.165) is 42.6 Å². The fraction of sp³-hybridized carbons (Fsp3) is 0.125. The van der Waals surface area contributed by atoms with Crippen LogP contribution in [0.2, 0.25) is 0 Å². The van der Waals surface area contributed by atoms with Gasteiger partial charge in [-0.15, -0.1) is 0 Å². The Kier molecular flexibility index (Phi) is 7.31. The smallest absolute Gasteiger partial charge is 0.173 e. The number of Topliss-reactive ketones (excluding diaryl/α,β-unsaturated/α-hetero) is 1. The quantitative estimate of drug-likeness (QED) is 0.170. The number of hydrogen-bond donors (Lipinski definition) is 0. The van der Waals surface area contributed by atoms with Crippen LogP contribution in [-0.4, -0.2) is 11.3 Å². The van der Waals surface area contributed by atoms with Crippen molar-refractivity contribution in [3.05, 3.63) is 177 Å². The lowest BCUT2D eigenvalue weighted by Crippen LogP contribution is -2.61. The van der Waals surface area contributed by atoms with Gasteiger partial charge in [-0.2, -0.15) is 0 Å². The molecule has 1 heterocycles. The van der Waals surface area contributed by atoms with Gasteiger partial charge < -0.3 is 4.90 Å². The van der Waals surface area contributed by atoms with Crippen LogP contribution in [-0.2, 0) is 5.41 Å². The molecule has 44 heavy (non-hydrogen) atoms. The van der Waals surface area contributed by atoms with Gasteiger partial charge in [0.2, 0.25) is 0 Å². The number of halogens is 2. The Bertz CT molecular complexity index is 1910. The third kappa shape index (κ3) is 4.55. The lowest BCUT2D eigenvalue weighted by Gasteiger charge is -2.53. The average Bonchev–Trinajstić information content (AvgIpc) is 3.24. The van der Waals surface area contributed by atoms with E-state index in [9.17, 15) is 0 Å². The van der Waals surface area contributed by atoms with E-state index in [2.05, 4.69) is 160 Å². The van der Waals surface area contributed by atoms with Crippen molar-refractivity contribution >= 4 is 60.2 Å². The van der Waals surface area contributed by atoms with Crippen LogP contribution < -0.4 is 4.90 Å². The molecule has 2 aliphatic rings. The lowest BCUT2D eigenvalue weighted by molar-refractivity contribution is 0.0888. The number of carbonyl (C=O) groups is 1. The van der Waals surface area contributed by atoms with Gasteiger partial charge in [-0.1, -0.05) is 137 Å². The largest absolute Gasteiger partial charge is 0.330 e. The number of rotatable bonds is 5. The Morgan fingerprint density at radius 1 is 0.659 bits per heavy atom. The first-order valence-corrected chi connectivity index (χ1v) is 16.4. The molecule has 0 bridgehead atoms. The molecule has 0 fully saturated rings. The molecule has 0 radical (unpaired) electrons. The molecule has 1 spiro atoms. The van der Waals surface area contributed by atoms with Gasteiger partial charge in [0.15, 0.2) is 5.78 Å². The van der Waals surface area contributed by atoms with Crippen LogP contribution in [0.15, 0.2) is 155 Å². The number of carbonyl (C=O) groups excluding carboxylic acids is 1. The average molecular weight is 702 g/mol. The molecule has 2 atom stereocenters. The van der Waals surface area contributed by atoms with Crippen LogP contribution in [0.25, 0.3) is 11.1 Å². The fourth-order valence-corrected chi connectivity index (χ4v) is 7.75. The molecule has 1 aliphatic heterocycles. The number of nitrogens with zero attached hydrogens (tertiary/aromatic N) is 1. The van der Waals surface area contributed by atoms with Crippen molar-refractivity contribution in [1.29, 1.82) is 0 Å². The molecule has 0 saturated heterocycles. The van der Waals surface area contributed by atoms with Gasteiger partial charge in [-0.05, 0) is 82.5 Å². The Morgan fingerprint density at radius 2 is 1.23 bits per heavy atom. The first-order valence-electron chi connectivity index (χ1n) is 14.8. The molecule has 2 nitrogen and oxygen atoms in total. The van der Waals surface area contributed by atoms with E-state index in [1.807, 2.05) is 36.4 Å². The Hall–Kier alpha value is -3.99. The van der Waals surface area contributed by atoms with E-state index in [0.29, 0.717) is 5.56 Å². The van der Waals surface area contributed by atoms with Crippen LogP contribution >= 0.6 is 31.9 Å². The summed E-state index contributed by atoms with van der Waals surface area (Å²) in [5.74, 6) is -0.423. The van der Waals surface area contributed by atoms with Crippen molar-refractivity contribution in [2.75, 3.05) is 4.90 Å². The van der Waals surface area contributed by atoms with Gasteiger partial charge in [0.1, 0.15) is 0 Å². The van der Waals surface area contributed by atoms with Gasteiger partial charge in [0.25, 0.3) is 0 Å². The van der Waals surface area contributed by atoms with E-state index in [1.54, 1.807) is 0 Å². The normalized spacial score (nSPS) is 20.2. The van der Waals surface area contributed by atoms with Crippen LogP contribution in [0.5, 0.6) is 0 Å². The molecule has 216 valence electrons. The third-order valence-corrected chi connectivity index (χ3v) is 10.4. The van der Waals surface area contributed by atoms with Crippen molar-refractivity contribution in [2.45, 2.75) is 24.8 Å². The highest BCUT2D eigenvalue weighted by molar-refractivity contribution is 9.10. The van der Waals surface area contributed by atoms with Crippen LogP contribution in [0, 0.1) is 5.92 Å². The Balaban J connectivity index is 1.60. The first kappa shape index (κ1) is 28.8. The number of ketones is 1. The lowest BCUT2D eigenvalue weighted by atomic mass is 9.57. The number of para-hydroxylation sites is 2. The molecule has 0 aromatic heterocycles. The summed E-state index contributed by atoms with van der Waals surface area (Å²) in [5, 5.41) is 0. The van der Waals surface area contributed by atoms with Crippen molar-refractivity contribution in [1.82, 2.24) is 0 Å². The zero-order valence-electron chi connectivity index (χ0n) is 24.5. The topological polar surface area (TPSA) is 20.3 Å². The third-order valence-electron chi connectivity index (χ3n) is 9.32. The summed E-state index contributed by atoms with van der Waals surface area (Å²) in [6.07, 6.45) is 4.63. The van der Waals surface area contributed by atoms with E-state index in [-0.39, 0.29) is 5.78 Å². The molecule has 0 amide bonds. The molecule has 1 aliphatic carbocycles. The molecule has 4 heteroatoms. The minimum atomic E-state index is -0.787. The summed E-state index contributed by atoms with van der Waals surface area (Å²) in [4.78, 5) is 17.7. The SMILES string of the molecule is CC1(C)c2ccccc2N(c2ccccc2)[C@@]12C=C(c1ccc(Br)cc1)C=C(c1ccccc1)[C@H]2C(=O)c1ccc(Br)cc1. The second kappa shape index (κ2) is 11.2. The zero-order valence-corrected chi connectivity index (χ0v) is 27.7. The van der Waals surface area contributed by atoms with E-state index in [1.165, 1.54) is 5.56 Å². The predicted octanol–water partition coefficient (Wildman–Crippen LogP) is 11.1. The van der Waals surface area contributed by atoms with Gasteiger partial charge in [0, 0.05) is 31.3 Å². The number of allylic oxidation sites excluding steroid dienone is 2. The molecular formula is C40H31Br2NO. The van der Waals surface area contributed by atoms with Gasteiger partial charge >= 0.3 is 0 Å². The highest BCUT2D eigenvalue weighted by Gasteiger charge is 2.63. The minimum Gasteiger partial charge on any atom is -0.330 e. The molecule has 5 aromatic rings. The van der Waals surface area contributed by atoms with Crippen molar-refractivity contribution in [3.63, 3.8) is 0 Å². The van der Waals surface area contributed by atoms with Crippen LogP contribution in [0.3, 0.4) is 0 Å². The zero-order chi connectivity index (χ0) is 30.5. The number of anilines is 2. The molecule has 0 N–H and O–H groups in total. The number of benzene rings is 5. The maximum atomic E-state index is 15.2. The molecular weight excluding hydrogens is 670 g/mol. The summed E-state index contributed by atoms with van der Waals surface area (Å²) in [7, 11) is 0. The highest BCUT2D eigenvalue weighted by atomic mass is 79.9. The second-order valence-electron chi connectivity index (χ2n) is 12.0. The summed E-state index contributed by atoms with van der Waals surface area (Å²) in [6, 6.07) is 45.9. The van der Waals surface area contributed by atoms with Crippen molar-refractivity contribution in [3.8, 4) is 0 Å². The molecule has 7 rings (SSSR count). The van der Waals surface area contributed by atoms with Crippen molar-refractivity contribution in [2.24, 2.45) is 5.92 Å². The summed E-state index contributed by atoms with van der Waals surface area (Å²) >= 11 is 7.20. The molecule has 0 unspecified atom stereocenters. The molecule has 5 aromatic carbocycles. The first-order chi connectivity index (χ1) is 21.3. The number of fused-ring (bicyclic) bond motifs is 1. The fourth-order valence-electron chi connectivity index (χ4n) is 7.22. The van der Waals surface area contributed by atoms with Crippen molar-refractivity contribution < 1.29 is 4.79 Å². The number of hydrogen-bond acceptors (Lipinski definition) is 2.